The van der Waals surface area contributed by atoms with Gasteiger partial charge in [0.2, 0.25) is 10.0 Å². The van der Waals surface area contributed by atoms with E-state index in [0.717, 1.165) is 37.0 Å². The number of carbonyl (C=O) groups excluding carboxylic acids is 2. The highest BCUT2D eigenvalue weighted by Crippen LogP contribution is 2.19. The van der Waals surface area contributed by atoms with E-state index in [-0.39, 0.29) is 22.0 Å². The van der Waals surface area contributed by atoms with Gasteiger partial charge >= 0.3 is 0 Å². The van der Waals surface area contributed by atoms with Crippen LogP contribution < -0.4 is 10.6 Å². The van der Waals surface area contributed by atoms with Crippen LogP contribution in [0.15, 0.2) is 24.3 Å². The largest absolute Gasteiger partial charge is 0.347 e. The number of nitrogens with zero attached hydrogens (tertiary/aromatic N) is 2. The van der Waals surface area contributed by atoms with E-state index < -0.39 is 5.91 Å². The van der Waals surface area contributed by atoms with Gasteiger partial charge < -0.3 is 10.6 Å². The van der Waals surface area contributed by atoms with Crippen molar-refractivity contribution >= 4 is 40.4 Å². The van der Waals surface area contributed by atoms with Crippen LogP contribution in [0.4, 0.5) is 5.69 Å². The fourth-order valence-electron chi connectivity index (χ4n) is 3.01. The van der Waals surface area contributed by atoms with Gasteiger partial charge in [-0.1, -0.05) is 61.1 Å². The lowest BCUT2D eigenvalue weighted by molar-refractivity contribution is 0.0928. The SMILES string of the molecule is O=C(Nc1cccc(Cl)c1)c1nnc(C(=O)NC2CCCCCCC2)s1. The second-order valence-corrected chi connectivity index (χ2v) is 7.81. The highest BCUT2D eigenvalue weighted by Gasteiger charge is 2.20. The Kier molecular flexibility index (Phi) is 6.57. The zero-order chi connectivity index (χ0) is 18.4. The molecular formula is C18H21ClN4O2S. The van der Waals surface area contributed by atoms with Gasteiger partial charge in [0.25, 0.3) is 11.8 Å². The monoisotopic (exact) mass is 392 g/mol. The lowest BCUT2D eigenvalue weighted by Gasteiger charge is -2.20. The Hall–Kier alpha value is -1.99. The van der Waals surface area contributed by atoms with Crippen molar-refractivity contribution in [1.29, 1.82) is 0 Å². The smallest absolute Gasteiger partial charge is 0.286 e. The molecule has 2 amide bonds. The number of hydrogen-bond acceptors (Lipinski definition) is 5. The van der Waals surface area contributed by atoms with Crippen molar-refractivity contribution in [2.24, 2.45) is 0 Å². The number of rotatable bonds is 4. The molecule has 1 fully saturated rings. The van der Waals surface area contributed by atoms with Crippen LogP contribution in [0.2, 0.25) is 5.02 Å². The van der Waals surface area contributed by atoms with Crippen molar-refractivity contribution in [2.45, 2.75) is 51.0 Å². The van der Waals surface area contributed by atoms with Gasteiger partial charge in [-0.15, -0.1) is 10.2 Å². The molecule has 0 unspecified atom stereocenters. The molecule has 26 heavy (non-hydrogen) atoms. The molecular weight excluding hydrogens is 372 g/mol. The molecule has 0 atom stereocenters. The number of hydrogen-bond donors (Lipinski definition) is 2. The standard InChI is InChI=1S/C18H21ClN4O2S/c19-12-7-6-10-14(11-12)21-16(25)18-23-22-17(26-18)15(24)20-13-8-4-2-1-3-5-9-13/h6-7,10-11,13H,1-5,8-9H2,(H,20,24)(H,21,25). The molecule has 138 valence electrons. The first-order chi connectivity index (χ1) is 12.6. The quantitative estimate of drug-likeness (QED) is 0.812. The zero-order valence-electron chi connectivity index (χ0n) is 14.3. The number of benzene rings is 1. The minimum atomic E-state index is -0.408. The van der Waals surface area contributed by atoms with E-state index in [1.54, 1.807) is 24.3 Å². The van der Waals surface area contributed by atoms with Crippen LogP contribution in [0.5, 0.6) is 0 Å². The normalized spacial score (nSPS) is 15.7. The van der Waals surface area contributed by atoms with E-state index in [1.807, 2.05) is 0 Å². The van der Waals surface area contributed by atoms with E-state index in [4.69, 9.17) is 11.6 Å². The minimum Gasteiger partial charge on any atom is -0.347 e. The summed E-state index contributed by atoms with van der Waals surface area (Å²) in [7, 11) is 0. The Morgan fingerprint density at radius 2 is 1.65 bits per heavy atom. The third kappa shape index (κ3) is 5.25. The molecule has 1 aromatic carbocycles. The van der Waals surface area contributed by atoms with E-state index in [0.29, 0.717) is 10.7 Å². The lowest BCUT2D eigenvalue weighted by atomic mass is 9.97. The molecule has 6 nitrogen and oxygen atoms in total. The lowest BCUT2D eigenvalue weighted by Crippen LogP contribution is -2.35. The molecule has 2 aromatic rings. The molecule has 0 radical (unpaired) electrons. The Labute approximate surface area is 161 Å². The summed E-state index contributed by atoms with van der Waals surface area (Å²) < 4.78 is 0. The molecule has 0 spiro atoms. The average Bonchev–Trinajstić information content (AvgIpc) is 3.07. The van der Waals surface area contributed by atoms with E-state index in [2.05, 4.69) is 20.8 Å². The van der Waals surface area contributed by atoms with Gasteiger partial charge in [-0.25, -0.2) is 0 Å². The molecule has 1 aliphatic rings. The average molecular weight is 393 g/mol. The van der Waals surface area contributed by atoms with Gasteiger partial charge in [0.15, 0.2) is 0 Å². The maximum atomic E-state index is 12.4. The van der Waals surface area contributed by atoms with Crippen LogP contribution in [0, 0.1) is 0 Å². The van der Waals surface area contributed by atoms with Crippen molar-refractivity contribution in [2.75, 3.05) is 5.32 Å². The van der Waals surface area contributed by atoms with Gasteiger partial charge in [0.1, 0.15) is 0 Å². The second kappa shape index (κ2) is 9.09. The van der Waals surface area contributed by atoms with Crippen molar-refractivity contribution in [3.8, 4) is 0 Å². The first-order valence-corrected chi connectivity index (χ1v) is 10.0. The van der Waals surface area contributed by atoms with Crippen molar-refractivity contribution < 1.29 is 9.59 Å². The topological polar surface area (TPSA) is 84.0 Å². The maximum Gasteiger partial charge on any atom is 0.286 e. The molecule has 3 rings (SSSR count). The Balaban J connectivity index is 1.59. The summed E-state index contributed by atoms with van der Waals surface area (Å²) in [6.07, 6.45) is 7.97. The van der Waals surface area contributed by atoms with Gasteiger partial charge in [-0.3, -0.25) is 9.59 Å². The summed E-state index contributed by atoms with van der Waals surface area (Å²) in [5.41, 5.74) is 0.568. The Bertz CT molecular complexity index is 772. The Morgan fingerprint density at radius 3 is 2.35 bits per heavy atom. The van der Waals surface area contributed by atoms with Crippen LogP contribution in [0.1, 0.15) is 64.6 Å². The highest BCUT2D eigenvalue weighted by molar-refractivity contribution is 7.15. The number of amides is 2. The van der Waals surface area contributed by atoms with E-state index >= 15 is 0 Å². The number of carbonyl (C=O) groups is 2. The summed E-state index contributed by atoms with van der Waals surface area (Å²) in [5.74, 6) is -0.662. The van der Waals surface area contributed by atoms with E-state index in [9.17, 15) is 9.59 Å². The van der Waals surface area contributed by atoms with Crippen molar-refractivity contribution in [3.05, 3.63) is 39.3 Å². The van der Waals surface area contributed by atoms with Gasteiger partial charge in [0.05, 0.1) is 0 Å². The predicted molar refractivity (Wildman–Crippen MR) is 103 cm³/mol. The third-order valence-corrected chi connectivity index (χ3v) is 5.49. The van der Waals surface area contributed by atoms with Crippen LogP contribution in [-0.2, 0) is 0 Å². The molecule has 8 heteroatoms. The number of aromatic nitrogens is 2. The van der Waals surface area contributed by atoms with Crippen molar-refractivity contribution in [1.82, 2.24) is 15.5 Å². The first kappa shape index (κ1) is 18.8. The van der Waals surface area contributed by atoms with E-state index in [1.165, 1.54) is 19.3 Å². The van der Waals surface area contributed by atoms with Gasteiger partial charge in [-0.05, 0) is 31.0 Å². The molecule has 0 saturated heterocycles. The van der Waals surface area contributed by atoms with Crippen molar-refractivity contribution in [3.63, 3.8) is 0 Å². The fraction of sp³-hybridized carbons (Fsp3) is 0.444. The number of nitrogens with one attached hydrogen (secondary N) is 2. The fourth-order valence-corrected chi connectivity index (χ4v) is 3.84. The first-order valence-electron chi connectivity index (χ1n) is 8.83. The second-order valence-electron chi connectivity index (χ2n) is 6.39. The molecule has 1 aromatic heterocycles. The van der Waals surface area contributed by atoms with Crippen LogP contribution in [-0.4, -0.2) is 28.1 Å². The summed E-state index contributed by atoms with van der Waals surface area (Å²) in [6, 6.07) is 7.01. The molecule has 1 saturated carbocycles. The molecule has 2 N–H and O–H groups in total. The molecule has 1 heterocycles. The van der Waals surface area contributed by atoms with Gasteiger partial charge in [0, 0.05) is 16.8 Å². The minimum absolute atomic E-state index is 0.146. The van der Waals surface area contributed by atoms with Crippen LogP contribution >= 0.6 is 22.9 Å². The highest BCUT2D eigenvalue weighted by atomic mass is 35.5. The number of halogens is 1. The summed E-state index contributed by atoms with van der Waals surface area (Å²) in [6.45, 7) is 0. The molecule has 1 aliphatic carbocycles. The Morgan fingerprint density at radius 1 is 1.00 bits per heavy atom. The van der Waals surface area contributed by atoms with Crippen LogP contribution in [0.25, 0.3) is 0 Å². The van der Waals surface area contributed by atoms with Crippen LogP contribution in [0.3, 0.4) is 0 Å². The summed E-state index contributed by atoms with van der Waals surface area (Å²) in [4.78, 5) is 24.7. The maximum absolute atomic E-state index is 12.4. The summed E-state index contributed by atoms with van der Waals surface area (Å²) in [5, 5.41) is 14.3. The molecule has 0 bridgehead atoms. The van der Waals surface area contributed by atoms with Gasteiger partial charge in [-0.2, -0.15) is 0 Å². The molecule has 0 aliphatic heterocycles. The number of anilines is 1. The predicted octanol–water partition coefficient (Wildman–Crippen LogP) is 4.29. The summed E-state index contributed by atoms with van der Waals surface area (Å²) >= 11 is 6.90. The zero-order valence-corrected chi connectivity index (χ0v) is 15.9. The third-order valence-electron chi connectivity index (χ3n) is 4.34.